The second-order valence-electron chi connectivity index (χ2n) is 6.04. The van der Waals surface area contributed by atoms with E-state index in [1.54, 1.807) is 0 Å². The van der Waals surface area contributed by atoms with Crippen molar-refractivity contribution < 1.29 is 24.0 Å². The maximum Gasteiger partial charge on any atom is 0.415 e. The molecule has 0 unspecified atom stereocenters. The van der Waals surface area contributed by atoms with Crippen molar-refractivity contribution in [3.63, 3.8) is 0 Å². The molecular formula is C19H15N3O5. The zero-order chi connectivity index (χ0) is 18.8. The number of amides is 1. The van der Waals surface area contributed by atoms with E-state index in [2.05, 4.69) is 27.6 Å². The van der Waals surface area contributed by atoms with Crippen LogP contribution in [0.15, 0.2) is 53.1 Å². The Morgan fingerprint density at radius 3 is 2.33 bits per heavy atom. The lowest BCUT2D eigenvalue weighted by molar-refractivity contribution is -0.136. The normalized spacial score (nSPS) is 12.3. The molecule has 4 rings (SSSR count). The third-order valence-electron chi connectivity index (χ3n) is 4.33. The predicted molar refractivity (Wildman–Crippen MR) is 94.3 cm³/mol. The summed E-state index contributed by atoms with van der Waals surface area (Å²) in [5, 5.41) is 14.5. The van der Waals surface area contributed by atoms with Gasteiger partial charge in [0.05, 0.1) is 0 Å². The Balaban J connectivity index is 1.43. The number of hydrogen-bond donors (Lipinski definition) is 2. The average molecular weight is 365 g/mol. The van der Waals surface area contributed by atoms with Crippen LogP contribution in [-0.2, 0) is 16.0 Å². The van der Waals surface area contributed by atoms with Crippen LogP contribution in [0.3, 0.4) is 0 Å². The number of hydrogen-bond acceptors (Lipinski definition) is 6. The average Bonchev–Trinajstić information content (AvgIpc) is 3.21. The van der Waals surface area contributed by atoms with Crippen LogP contribution in [0, 0.1) is 0 Å². The topological polar surface area (TPSA) is 115 Å². The van der Waals surface area contributed by atoms with Crippen LogP contribution in [0.1, 0.15) is 22.9 Å². The van der Waals surface area contributed by atoms with E-state index >= 15 is 0 Å². The fourth-order valence-electron chi connectivity index (χ4n) is 3.23. The van der Waals surface area contributed by atoms with Crippen LogP contribution in [0.4, 0.5) is 10.8 Å². The first kappa shape index (κ1) is 16.8. The summed E-state index contributed by atoms with van der Waals surface area (Å²) >= 11 is 0. The summed E-state index contributed by atoms with van der Waals surface area (Å²) < 4.78 is 10.1. The minimum absolute atomic E-state index is 0.0311. The Labute approximate surface area is 153 Å². The Morgan fingerprint density at radius 2 is 1.70 bits per heavy atom. The van der Waals surface area contributed by atoms with Crippen molar-refractivity contribution in [2.45, 2.75) is 12.3 Å². The number of anilines is 1. The van der Waals surface area contributed by atoms with Gasteiger partial charge in [-0.05, 0) is 22.3 Å². The number of nitrogens with one attached hydrogen (secondary N) is 1. The Morgan fingerprint density at radius 1 is 1.07 bits per heavy atom. The van der Waals surface area contributed by atoms with Gasteiger partial charge in [-0.1, -0.05) is 53.7 Å². The van der Waals surface area contributed by atoms with Crippen LogP contribution in [0.2, 0.25) is 0 Å². The standard InChI is InChI=1S/C19H15N3O5/c23-17(24)9-16-20-18(27-22-16)21-19(25)26-10-15-13-7-3-1-5-11(13)12-6-2-4-8-14(12)15/h1-8,15H,9-10H2,(H,23,24)(H,20,21,22,25). The van der Waals surface area contributed by atoms with Gasteiger partial charge in [0.15, 0.2) is 5.82 Å². The van der Waals surface area contributed by atoms with Gasteiger partial charge in [0, 0.05) is 5.92 Å². The molecule has 3 aromatic rings. The first-order chi connectivity index (χ1) is 13.1. The number of carboxylic acid groups (broad SMARTS) is 1. The van der Waals surface area contributed by atoms with Crippen molar-refractivity contribution in [1.29, 1.82) is 0 Å². The summed E-state index contributed by atoms with van der Waals surface area (Å²) in [6.45, 7) is 0.149. The van der Waals surface area contributed by atoms with E-state index in [-0.39, 0.29) is 24.4 Å². The molecule has 0 atom stereocenters. The minimum atomic E-state index is -1.09. The predicted octanol–water partition coefficient (Wildman–Crippen LogP) is 3.06. The van der Waals surface area contributed by atoms with Crippen LogP contribution >= 0.6 is 0 Å². The lowest BCUT2D eigenvalue weighted by Crippen LogP contribution is -2.18. The molecule has 0 radical (unpaired) electrons. The van der Waals surface area contributed by atoms with Gasteiger partial charge in [-0.3, -0.25) is 4.79 Å². The highest BCUT2D eigenvalue weighted by Crippen LogP contribution is 2.44. The minimum Gasteiger partial charge on any atom is -0.481 e. The molecular weight excluding hydrogens is 350 g/mol. The quantitative estimate of drug-likeness (QED) is 0.714. The molecule has 0 saturated carbocycles. The number of aromatic nitrogens is 2. The number of benzene rings is 2. The SMILES string of the molecule is O=C(O)Cc1noc(NC(=O)OCC2c3ccccc3-c3ccccc32)n1. The monoisotopic (exact) mass is 365 g/mol. The molecule has 1 aliphatic rings. The fraction of sp³-hybridized carbons (Fsp3) is 0.158. The smallest absolute Gasteiger partial charge is 0.415 e. The number of carbonyl (C=O) groups is 2. The summed E-state index contributed by atoms with van der Waals surface area (Å²) in [5.41, 5.74) is 4.48. The van der Waals surface area contributed by atoms with Crippen LogP contribution < -0.4 is 5.32 Å². The zero-order valence-corrected chi connectivity index (χ0v) is 14.1. The van der Waals surface area contributed by atoms with E-state index in [9.17, 15) is 9.59 Å². The first-order valence-corrected chi connectivity index (χ1v) is 8.28. The molecule has 1 aliphatic carbocycles. The number of carbonyl (C=O) groups excluding carboxylic acids is 1. The molecule has 0 saturated heterocycles. The molecule has 0 spiro atoms. The largest absolute Gasteiger partial charge is 0.481 e. The van der Waals surface area contributed by atoms with Gasteiger partial charge in [-0.2, -0.15) is 4.98 Å². The van der Waals surface area contributed by atoms with Crippen molar-refractivity contribution in [3.05, 3.63) is 65.5 Å². The van der Waals surface area contributed by atoms with Crippen LogP contribution in [0.25, 0.3) is 11.1 Å². The Hall–Kier alpha value is -3.68. The van der Waals surface area contributed by atoms with Gasteiger partial charge in [-0.15, -0.1) is 0 Å². The van der Waals surface area contributed by atoms with E-state index in [4.69, 9.17) is 14.4 Å². The number of ether oxygens (including phenoxy) is 1. The molecule has 1 heterocycles. The number of carboxylic acids is 1. The maximum absolute atomic E-state index is 12.0. The third kappa shape index (κ3) is 3.37. The van der Waals surface area contributed by atoms with E-state index in [0.717, 1.165) is 22.3 Å². The van der Waals surface area contributed by atoms with E-state index in [0.29, 0.717) is 0 Å². The summed E-state index contributed by atoms with van der Waals surface area (Å²) in [6.07, 6.45) is -1.14. The number of aliphatic carboxylic acids is 1. The Kier molecular flexibility index (Phi) is 4.29. The molecule has 2 N–H and O–H groups in total. The molecule has 0 aliphatic heterocycles. The van der Waals surface area contributed by atoms with E-state index < -0.39 is 18.5 Å². The Bertz CT molecular complexity index is 968. The van der Waals surface area contributed by atoms with Crippen molar-refractivity contribution in [1.82, 2.24) is 10.1 Å². The van der Waals surface area contributed by atoms with Gasteiger partial charge in [-0.25, -0.2) is 10.1 Å². The van der Waals surface area contributed by atoms with Crippen molar-refractivity contribution in [2.24, 2.45) is 0 Å². The molecule has 0 bridgehead atoms. The second-order valence-corrected chi connectivity index (χ2v) is 6.04. The summed E-state index contributed by atoms with van der Waals surface area (Å²) in [6, 6.07) is 15.8. The van der Waals surface area contributed by atoms with E-state index in [1.165, 1.54) is 0 Å². The summed E-state index contributed by atoms with van der Waals surface area (Å²) in [4.78, 5) is 26.4. The van der Waals surface area contributed by atoms with Gasteiger partial charge >= 0.3 is 18.1 Å². The lowest BCUT2D eigenvalue weighted by atomic mass is 9.98. The molecule has 2 aromatic carbocycles. The van der Waals surface area contributed by atoms with E-state index in [1.807, 2.05) is 36.4 Å². The van der Waals surface area contributed by atoms with Crippen molar-refractivity contribution in [2.75, 3.05) is 11.9 Å². The molecule has 8 heteroatoms. The summed E-state index contributed by atoms with van der Waals surface area (Å²) in [5.74, 6) is -1.19. The molecule has 0 fully saturated rings. The molecule has 1 aromatic heterocycles. The van der Waals surface area contributed by atoms with Gasteiger partial charge in [0.1, 0.15) is 13.0 Å². The number of rotatable bonds is 5. The van der Waals surface area contributed by atoms with Gasteiger partial charge < -0.3 is 14.4 Å². The van der Waals surface area contributed by atoms with Gasteiger partial charge in [0.2, 0.25) is 0 Å². The molecule has 8 nitrogen and oxygen atoms in total. The lowest BCUT2D eigenvalue weighted by Gasteiger charge is -2.13. The number of fused-ring (bicyclic) bond motifs is 3. The highest BCUT2D eigenvalue weighted by Gasteiger charge is 2.29. The third-order valence-corrected chi connectivity index (χ3v) is 4.33. The van der Waals surface area contributed by atoms with Crippen LogP contribution in [-0.4, -0.2) is 33.9 Å². The zero-order valence-electron chi connectivity index (χ0n) is 14.1. The van der Waals surface area contributed by atoms with Gasteiger partial charge in [0.25, 0.3) is 0 Å². The first-order valence-electron chi connectivity index (χ1n) is 8.28. The second kappa shape index (κ2) is 6.91. The maximum atomic E-state index is 12.0. The number of nitrogens with zero attached hydrogens (tertiary/aromatic N) is 2. The fourth-order valence-corrected chi connectivity index (χ4v) is 3.23. The van der Waals surface area contributed by atoms with Crippen molar-refractivity contribution in [3.8, 4) is 11.1 Å². The highest BCUT2D eigenvalue weighted by molar-refractivity contribution is 5.82. The highest BCUT2D eigenvalue weighted by atomic mass is 16.6. The molecule has 27 heavy (non-hydrogen) atoms. The molecule has 136 valence electrons. The molecule has 1 amide bonds. The summed E-state index contributed by atoms with van der Waals surface area (Å²) in [7, 11) is 0. The van der Waals surface area contributed by atoms with Crippen LogP contribution in [0.5, 0.6) is 0 Å². The van der Waals surface area contributed by atoms with Crippen molar-refractivity contribution >= 4 is 18.1 Å².